The summed E-state index contributed by atoms with van der Waals surface area (Å²) in [7, 11) is 0. The highest BCUT2D eigenvalue weighted by Gasteiger charge is 1.98. The number of pyridine rings is 1. The van der Waals surface area contributed by atoms with Crippen LogP contribution in [0.5, 0.6) is 0 Å². The third kappa shape index (κ3) is 2.40. The summed E-state index contributed by atoms with van der Waals surface area (Å²) in [5, 5.41) is 2.49. The predicted molar refractivity (Wildman–Crippen MR) is 55.3 cm³/mol. The maximum absolute atomic E-state index is 10.2. The lowest BCUT2D eigenvalue weighted by Crippen LogP contribution is -1.97. The fourth-order valence-electron chi connectivity index (χ4n) is 1.28. The first-order valence-corrected chi connectivity index (χ1v) is 4.49. The topological polar surface area (TPSA) is 59.8 Å². The van der Waals surface area contributed by atoms with Gasteiger partial charge in [0.05, 0.1) is 12.9 Å². The SMILES string of the molecule is O=CNc1cn(Cc2cccnc2)cn1. The van der Waals surface area contributed by atoms with E-state index >= 15 is 0 Å². The maximum Gasteiger partial charge on any atom is 0.212 e. The minimum Gasteiger partial charge on any atom is -0.331 e. The number of rotatable bonds is 4. The van der Waals surface area contributed by atoms with Crippen molar-refractivity contribution < 1.29 is 4.79 Å². The first-order chi connectivity index (χ1) is 7.38. The molecule has 2 aromatic heterocycles. The van der Waals surface area contributed by atoms with Gasteiger partial charge in [0.1, 0.15) is 0 Å². The average Bonchev–Trinajstić information content (AvgIpc) is 2.68. The number of hydrogen-bond donors (Lipinski definition) is 1. The molecule has 0 spiro atoms. The standard InChI is InChI=1S/C10H10N4O/c15-8-13-10-6-14(7-12-10)5-9-2-1-3-11-4-9/h1-4,6-8H,5H2,(H,13,15). The molecule has 2 aromatic rings. The highest BCUT2D eigenvalue weighted by molar-refractivity contribution is 5.68. The lowest BCUT2D eigenvalue weighted by molar-refractivity contribution is -0.105. The minimum absolute atomic E-state index is 0.550. The summed E-state index contributed by atoms with van der Waals surface area (Å²) in [6.07, 6.45) is 7.57. The fraction of sp³-hybridized carbons (Fsp3) is 0.100. The summed E-state index contributed by atoms with van der Waals surface area (Å²) in [5.41, 5.74) is 1.09. The first kappa shape index (κ1) is 9.39. The largest absolute Gasteiger partial charge is 0.331 e. The Hall–Kier alpha value is -2.17. The zero-order valence-electron chi connectivity index (χ0n) is 8.00. The van der Waals surface area contributed by atoms with E-state index in [2.05, 4.69) is 15.3 Å². The lowest BCUT2D eigenvalue weighted by Gasteiger charge is -2.00. The van der Waals surface area contributed by atoms with Gasteiger partial charge < -0.3 is 9.88 Å². The summed E-state index contributed by atoms with van der Waals surface area (Å²) in [5.74, 6) is 0.550. The molecule has 0 unspecified atom stereocenters. The quantitative estimate of drug-likeness (QED) is 0.749. The number of anilines is 1. The number of hydrogen-bond acceptors (Lipinski definition) is 3. The number of nitrogens with zero attached hydrogens (tertiary/aromatic N) is 3. The van der Waals surface area contributed by atoms with E-state index in [0.29, 0.717) is 18.8 Å². The average molecular weight is 202 g/mol. The van der Waals surface area contributed by atoms with E-state index in [-0.39, 0.29) is 0 Å². The number of amides is 1. The number of carbonyl (C=O) groups excluding carboxylic acids is 1. The van der Waals surface area contributed by atoms with Crippen molar-refractivity contribution in [3.63, 3.8) is 0 Å². The molecule has 15 heavy (non-hydrogen) atoms. The van der Waals surface area contributed by atoms with Gasteiger partial charge in [0.2, 0.25) is 6.41 Å². The van der Waals surface area contributed by atoms with E-state index in [0.717, 1.165) is 5.56 Å². The van der Waals surface area contributed by atoms with Crippen LogP contribution in [0, 0.1) is 0 Å². The maximum atomic E-state index is 10.2. The van der Waals surface area contributed by atoms with Crippen molar-refractivity contribution >= 4 is 12.2 Å². The van der Waals surface area contributed by atoms with Crippen LogP contribution in [0.4, 0.5) is 5.82 Å². The number of carbonyl (C=O) groups is 1. The summed E-state index contributed by atoms with van der Waals surface area (Å²) in [4.78, 5) is 18.2. The molecule has 0 fully saturated rings. The summed E-state index contributed by atoms with van der Waals surface area (Å²) < 4.78 is 1.88. The van der Waals surface area contributed by atoms with Gasteiger partial charge in [-0.05, 0) is 11.6 Å². The molecular formula is C10H10N4O. The van der Waals surface area contributed by atoms with Gasteiger partial charge >= 0.3 is 0 Å². The molecule has 1 N–H and O–H groups in total. The number of imidazole rings is 1. The summed E-state index contributed by atoms with van der Waals surface area (Å²) in [6, 6.07) is 3.87. The first-order valence-electron chi connectivity index (χ1n) is 4.49. The molecule has 0 saturated carbocycles. The number of nitrogens with one attached hydrogen (secondary N) is 1. The van der Waals surface area contributed by atoms with Gasteiger partial charge in [0.25, 0.3) is 0 Å². The van der Waals surface area contributed by atoms with Crippen LogP contribution in [-0.2, 0) is 11.3 Å². The Morgan fingerprint density at radius 1 is 1.53 bits per heavy atom. The molecule has 5 nitrogen and oxygen atoms in total. The molecule has 0 bridgehead atoms. The normalized spacial score (nSPS) is 9.87. The van der Waals surface area contributed by atoms with Crippen LogP contribution in [0.3, 0.4) is 0 Å². The van der Waals surface area contributed by atoms with Gasteiger partial charge in [0.15, 0.2) is 5.82 Å². The van der Waals surface area contributed by atoms with Crippen molar-refractivity contribution in [3.05, 3.63) is 42.6 Å². The molecule has 76 valence electrons. The molecule has 0 atom stereocenters. The van der Waals surface area contributed by atoms with Crippen LogP contribution in [0.25, 0.3) is 0 Å². The Bertz CT molecular complexity index is 438. The van der Waals surface area contributed by atoms with Gasteiger partial charge in [0, 0.05) is 18.6 Å². The smallest absolute Gasteiger partial charge is 0.212 e. The summed E-state index contributed by atoms with van der Waals surface area (Å²) >= 11 is 0. The Morgan fingerprint density at radius 2 is 2.47 bits per heavy atom. The Kier molecular flexibility index (Phi) is 2.73. The Balaban J connectivity index is 2.08. The minimum atomic E-state index is 0.550. The molecule has 1 amide bonds. The molecule has 0 aromatic carbocycles. The van der Waals surface area contributed by atoms with E-state index in [9.17, 15) is 4.79 Å². The highest BCUT2D eigenvalue weighted by Crippen LogP contribution is 2.05. The van der Waals surface area contributed by atoms with Crippen LogP contribution in [-0.4, -0.2) is 20.9 Å². The van der Waals surface area contributed by atoms with Crippen molar-refractivity contribution in [2.24, 2.45) is 0 Å². The molecule has 5 heteroatoms. The van der Waals surface area contributed by atoms with Gasteiger partial charge in [-0.25, -0.2) is 4.98 Å². The van der Waals surface area contributed by atoms with Crippen molar-refractivity contribution in [2.45, 2.75) is 6.54 Å². The van der Waals surface area contributed by atoms with Crippen LogP contribution in [0.1, 0.15) is 5.56 Å². The van der Waals surface area contributed by atoms with Crippen molar-refractivity contribution in [3.8, 4) is 0 Å². The third-order valence-corrected chi connectivity index (χ3v) is 1.93. The van der Waals surface area contributed by atoms with E-state index in [4.69, 9.17) is 0 Å². The summed E-state index contributed by atoms with van der Waals surface area (Å²) in [6.45, 7) is 0.696. The molecule has 2 heterocycles. The van der Waals surface area contributed by atoms with Gasteiger partial charge in [-0.1, -0.05) is 6.07 Å². The molecule has 0 radical (unpaired) electrons. The molecule has 0 aliphatic heterocycles. The number of aromatic nitrogens is 3. The van der Waals surface area contributed by atoms with Crippen LogP contribution in [0.15, 0.2) is 37.1 Å². The fourth-order valence-corrected chi connectivity index (χ4v) is 1.28. The van der Waals surface area contributed by atoms with Crippen LogP contribution >= 0.6 is 0 Å². The second-order valence-electron chi connectivity index (χ2n) is 3.05. The van der Waals surface area contributed by atoms with E-state index in [1.54, 1.807) is 24.9 Å². The molecule has 0 aliphatic rings. The van der Waals surface area contributed by atoms with Crippen LogP contribution < -0.4 is 5.32 Å². The second kappa shape index (κ2) is 4.36. The van der Waals surface area contributed by atoms with Gasteiger partial charge in [-0.2, -0.15) is 0 Å². The van der Waals surface area contributed by atoms with Crippen molar-refractivity contribution in [2.75, 3.05) is 5.32 Å². The predicted octanol–water partition coefficient (Wildman–Crippen LogP) is 0.895. The molecule has 2 rings (SSSR count). The molecule has 0 aliphatic carbocycles. The Morgan fingerprint density at radius 3 is 3.20 bits per heavy atom. The second-order valence-corrected chi connectivity index (χ2v) is 3.05. The van der Waals surface area contributed by atoms with Gasteiger partial charge in [-0.3, -0.25) is 9.78 Å². The monoisotopic (exact) mass is 202 g/mol. The van der Waals surface area contributed by atoms with Crippen LogP contribution in [0.2, 0.25) is 0 Å². The molecule has 0 saturated heterocycles. The van der Waals surface area contributed by atoms with E-state index in [1.165, 1.54) is 0 Å². The zero-order valence-corrected chi connectivity index (χ0v) is 8.00. The van der Waals surface area contributed by atoms with Crippen molar-refractivity contribution in [1.82, 2.24) is 14.5 Å². The van der Waals surface area contributed by atoms with Crippen molar-refractivity contribution in [1.29, 1.82) is 0 Å². The Labute approximate surface area is 86.8 Å². The van der Waals surface area contributed by atoms with E-state index < -0.39 is 0 Å². The van der Waals surface area contributed by atoms with Gasteiger partial charge in [-0.15, -0.1) is 0 Å². The third-order valence-electron chi connectivity index (χ3n) is 1.93. The molecular weight excluding hydrogens is 192 g/mol. The lowest BCUT2D eigenvalue weighted by atomic mass is 10.3. The highest BCUT2D eigenvalue weighted by atomic mass is 16.1. The zero-order chi connectivity index (χ0) is 10.5. The van der Waals surface area contributed by atoms with E-state index in [1.807, 2.05) is 16.7 Å².